The van der Waals surface area contributed by atoms with Crippen molar-refractivity contribution in [3.8, 4) is 0 Å². The van der Waals surface area contributed by atoms with Crippen LogP contribution in [0.25, 0.3) is 0 Å². The topological polar surface area (TPSA) is 86.9 Å². The summed E-state index contributed by atoms with van der Waals surface area (Å²) >= 11 is 0. The van der Waals surface area contributed by atoms with Gasteiger partial charge in [0.25, 0.3) is 5.91 Å². The Morgan fingerprint density at radius 2 is 2.29 bits per heavy atom. The Morgan fingerprint density at radius 3 is 3.04 bits per heavy atom. The third-order valence-corrected chi connectivity index (χ3v) is 4.12. The molecule has 130 valence electrons. The Balaban J connectivity index is 1.60. The molecule has 3 rings (SSSR count). The Hall–Kier alpha value is -2.22. The van der Waals surface area contributed by atoms with Crippen LogP contribution in [0.15, 0.2) is 12.3 Å². The molecule has 0 bridgehead atoms. The molecule has 1 N–H and O–H groups in total. The summed E-state index contributed by atoms with van der Waals surface area (Å²) in [6.45, 7) is 6.03. The van der Waals surface area contributed by atoms with Crippen molar-refractivity contribution >= 4 is 5.91 Å². The zero-order valence-electron chi connectivity index (χ0n) is 14.4. The summed E-state index contributed by atoms with van der Waals surface area (Å²) in [4.78, 5) is 16.9. The molecule has 0 saturated carbocycles. The van der Waals surface area contributed by atoms with Gasteiger partial charge in [0.05, 0.1) is 19.7 Å². The number of rotatable bonds is 6. The van der Waals surface area contributed by atoms with Gasteiger partial charge in [-0.25, -0.2) is 9.67 Å². The van der Waals surface area contributed by atoms with Crippen molar-refractivity contribution in [2.45, 2.75) is 51.7 Å². The van der Waals surface area contributed by atoms with Crippen LogP contribution in [0.5, 0.6) is 0 Å². The standard InChI is InChI=1S/C16H24N6O2/c1-11(2)15-18-14-5-4-12(10-22(14)20-15)17-16(23)13-6-7-21(19-13)8-9-24-3/h6-7,11-12H,4-5,8-10H2,1-3H3,(H,17,23)/t12-/m0/s1. The van der Waals surface area contributed by atoms with E-state index in [9.17, 15) is 4.79 Å². The van der Waals surface area contributed by atoms with Gasteiger partial charge in [-0.1, -0.05) is 13.8 Å². The predicted octanol–water partition coefficient (Wildman–Crippen LogP) is 0.989. The van der Waals surface area contributed by atoms with Gasteiger partial charge >= 0.3 is 0 Å². The number of ether oxygens (including phenoxy) is 1. The van der Waals surface area contributed by atoms with Gasteiger partial charge in [0.1, 0.15) is 11.5 Å². The maximum Gasteiger partial charge on any atom is 0.272 e. The van der Waals surface area contributed by atoms with Crippen molar-refractivity contribution in [2.75, 3.05) is 13.7 Å². The number of methoxy groups -OCH3 is 1. The van der Waals surface area contributed by atoms with Gasteiger partial charge < -0.3 is 10.1 Å². The Morgan fingerprint density at radius 1 is 1.46 bits per heavy atom. The van der Waals surface area contributed by atoms with Crippen LogP contribution in [0.4, 0.5) is 0 Å². The smallest absolute Gasteiger partial charge is 0.272 e. The average Bonchev–Trinajstić information content (AvgIpc) is 3.19. The molecule has 3 heterocycles. The molecule has 0 fully saturated rings. The zero-order valence-corrected chi connectivity index (χ0v) is 14.4. The maximum absolute atomic E-state index is 12.4. The van der Waals surface area contributed by atoms with E-state index in [1.54, 1.807) is 24.1 Å². The zero-order chi connectivity index (χ0) is 17.1. The lowest BCUT2D eigenvalue weighted by molar-refractivity contribution is 0.0919. The highest BCUT2D eigenvalue weighted by molar-refractivity contribution is 5.92. The van der Waals surface area contributed by atoms with Crippen molar-refractivity contribution in [1.29, 1.82) is 0 Å². The second kappa shape index (κ2) is 7.12. The number of hydrogen-bond acceptors (Lipinski definition) is 5. The van der Waals surface area contributed by atoms with Crippen LogP contribution >= 0.6 is 0 Å². The minimum atomic E-state index is -0.149. The van der Waals surface area contributed by atoms with Gasteiger partial charge in [0.2, 0.25) is 0 Å². The Labute approximate surface area is 141 Å². The number of aromatic nitrogens is 5. The first kappa shape index (κ1) is 16.6. The predicted molar refractivity (Wildman–Crippen MR) is 87.8 cm³/mol. The van der Waals surface area contributed by atoms with E-state index in [-0.39, 0.29) is 11.9 Å². The molecule has 0 unspecified atom stereocenters. The lowest BCUT2D eigenvalue weighted by Gasteiger charge is -2.23. The molecule has 1 atom stereocenters. The average molecular weight is 332 g/mol. The van der Waals surface area contributed by atoms with Crippen molar-refractivity contribution < 1.29 is 9.53 Å². The summed E-state index contributed by atoms with van der Waals surface area (Å²) in [5.74, 6) is 2.04. The number of nitrogens with zero attached hydrogens (tertiary/aromatic N) is 5. The van der Waals surface area contributed by atoms with E-state index >= 15 is 0 Å². The van der Waals surface area contributed by atoms with Crippen molar-refractivity contribution in [1.82, 2.24) is 29.9 Å². The van der Waals surface area contributed by atoms with Gasteiger partial charge in [-0.2, -0.15) is 10.2 Å². The maximum atomic E-state index is 12.4. The normalized spacial score (nSPS) is 17.1. The Bertz CT molecular complexity index is 705. The first-order chi connectivity index (χ1) is 11.6. The third-order valence-electron chi connectivity index (χ3n) is 4.12. The van der Waals surface area contributed by atoms with E-state index in [4.69, 9.17) is 4.74 Å². The molecule has 8 nitrogen and oxygen atoms in total. The summed E-state index contributed by atoms with van der Waals surface area (Å²) in [5.41, 5.74) is 0.429. The molecule has 8 heteroatoms. The van der Waals surface area contributed by atoms with Crippen molar-refractivity contribution in [3.05, 3.63) is 29.6 Å². The largest absolute Gasteiger partial charge is 0.383 e. The fraction of sp³-hybridized carbons (Fsp3) is 0.625. The molecule has 0 saturated heterocycles. The lowest BCUT2D eigenvalue weighted by Crippen LogP contribution is -2.41. The molecule has 1 aliphatic heterocycles. The number of fused-ring (bicyclic) bond motifs is 1. The van der Waals surface area contributed by atoms with E-state index in [1.807, 2.05) is 4.68 Å². The SMILES string of the molecule is COCCn1ccc(C(=O)N[C@H]2CCc3nc(C(C)C)nn3C2)n1. The summed E-state index contributed by atoms with van der Waals surface area (Å²) < 4.78 is 8.64. The monoisotopic (exact) mass is 332 g/mol. The third kappa shape index (κ3) is 3.64. The van der Waals surface area contributed by atoms with Crippen molar-refractivity contribution in [2.24, 2.45) is 0 Å². The van der Waals surface area contributed by atoms with E-state index in [2.05, 4.69) is 34.3 Å². The minimum absolute atomic E-state index is 0.0517. The molecule has 0 spiro atoms. The fourth-order valence-electron chi connectivity index (χ4n) is 2.74. The van der Waals surface area contributed by atoms with E-state index in [0.29, 0.717) is 31.3 Å². The number of nitrogens with one attached hydrogen (secondary N) is 1. The lowest BCUT2D eigenvalue weighted by atomic mass is 10.1. The summed E-state index contributed by atoms with van der Waals surface area (Å²) in [6, 6.07) is 1.78. The van der Waals surface area contributed by atoms with Crippen LogP contribution in [-0.2, 0) is 24.2 Å². The second-order valence-corrected chi connectivity index (χ2v) is 6.39. The summed E-state index contributed by atoms with van der Waals surface area (Å²) in [6.07, 6.45) is 3.48. The molecular formula is C16H24N6O2. The van der Waals surface area contributed by atoms with E-state index in [0.717, 1.165) is 24.5 Å². The highest BCUT2D eigenvalue weighted by Crippen LogP contribution is 2.17. The molecule has 2 aromatic heterocycles. The van der Waals surface area contributed by atoms with Crippen LogP contribution in [0.2, 0.25) is 0 Å². The quantitative estimate of drug-likeness (QED) is 0.852. The van der Waals surface area contributed by atoms with Crippen molar-refractivity contribution in [3.63, 3.8) is 0 Å². The molecule has 2 aromatic rings. The first-order valence-corrected chi connectivity index (χ1v) is 8.33. The number of hydrogen-bond donors (Lipinski definition) is 1. The van der Waals surface area contributed by atoms with Gasteiger partial charge in [0, 0.05) is 31.7 Å². The highest BCUT2D eigenvalue weighted by Gasteiger charge is 2.24. The van der Waals surface area contributed by atoms with Gasteiger partial charge in [-0.3, -0.25) is 9.48 Å². The van der Waals surface area contributed by atoms with Crippen LogP contribution in [-0.4, -0.2) is 50.2 Å². The molecular weight excluding hydrogens is 308 g/mol. The number of carbonyl (C=O) groups is 1. The summed E-state index contributed by atoms with van der Waals surface area (Å²) in [7, 11) is 1.64. The second-order valence-electron chi connectivity index (χ2n) is 6.39. The number of aryl methyl sites for hydroxylation is 1. The highest BCUT2D eigenvalue weighted by atomic mass is 16.5. The van der Waals surface area contributed by atoms with Gasteiger partial charge in [-0.05, 0) is 12.5 Å². The first-order valence-electron chi connectivity index (χ1n) is 8.33. The molecule has 1 amide bonds. The van der Waals surface area contributed by atoms with E-state index in [1.165, 1.54) is 0 Å². The van der Waals surface area contributed by atoms with Gasteiger partial charge in [0.15, 0.2) is 5.82 Å². The molecule has 0 aromatic carbocycles. The molecule has 24 heavy (non-hydrogen) atoms. The number of amides is 1. The molecule has 1 aliphatic rings. The molecule has 0 aliphatic carbocycles. The van der Waals surface area contributed by atoms with Crippen LogP contribution in [0, 0.1) is 0 Å². The van der Waals surface area contributed by atoms with E-state index < -0.39 is 0 Å². The Kier molecular flexibility index (Phi) is 4.94. The van der Waals surface area contributed by atoms with Gasteiger partial charge in [-0.15, -0.1) is 0 Å². The minimum Gasteiger partial charge on any atom is -0.383 e. The number of carbonyl (C=O) groups excluding carboxylic acids is 1. The van der Waals surface area contributed by atoms with Crippen LogP contribution in [0.1, 0.15) is 48.3 Å². The fourth-order valence-corrected chi connectivity index (χ4v) is 2.74. The van der Waals surface area contributed by atoms with Crippen LogP contribution < -0.4 is 5.32 Å². The summed E-state index contributed by atoms with van der Waals surface area (Å²) in [5, 5.41) is 11.9. The molecule has 0 radical (unpaired) electrons. The van der Waals surface area contributed by atoms with Crippen LogP contribution in [0.3, 0.4) is 0 Å².